The molecular weight excluding hydrogens is 170 g/mol. The molecule has 0 aromatic carbocycles. The van der Waals surface area contributed by atoms with Crippen LogP contribution in [0.3, 0.4) is 0 Å². The fourth-order valence-electron chi connectivity index (χ4n) is 1.05. The molecule has 0 unspecified atom stereocenters. The SMILES string of the molecule is CC1(NC(=O)c2ccsc2)CC1. The molecule has 1 aliphatic carbocycles. The molecule has 1 aromatic rings. The summed E-state index contributed by atoms with van der Waals surface area (Å²) in [5, 5.41) is 6.80. The summed E-state index contributed by atoms with van der Waals surface area (Å²) >= 11 is 1.55. The summed E-state index contributed by atoms with van der Waals surface area (Å²) in [6.07, 6.45) is 2.23. The Bertz CT molecular complexity index is 287. The van der Waals surface area contributed by atoms with Gasteiger partial charge in [0.25, 0.3) is 5.91 Å². The van der Waals surface area contributed by atoms with Crippen LogP contribution in [0.2, 0.25) is 0 Å². The predicted molar refractivity (Wildman–Crippen MR) is 49.4 cm³/mol. The summed E-state index contributed by atoms with van der Waals surface area (Å²) in [7, 11) is 0. The quantitative estimate of drug-likeness (QED) is 0.743. The highest BCUT2D eigenvalue weighted by Gasteiger charge is 2.38. The minimum absolute atomic E-state index is 0.0660. The molecule has 1 aliphatic rings. The molecule has 1 N–H and O–H groups in total. The summed E-state index contributed by atoms with van der Waals surface area (Å²) in [5.41, 5.74) is 0.882. The molecule has 0 bridgehead atoms. The number of carbonyl (C=O) groups is 1. The molecule has 3 heteroatoms. The lowest BCUT2D eigenvalue weighted by atomic mass is 10.2. The maximum absolute atomic E-state index is 11.5. The highest BCUT2D eigenvalue weighted by Crippen LogP contribution is 2.34. The van der Waals surface area contributed by atoms with Crippen LogP contribution in [0.1, 0.15) is 30.1 Å². The van der Waals surface area contributed by atoms with Crippen molar-refractivity contribution in [2.45, 2.75) is 25.3 Å². The van der Waals surface area contributed by atoms with E-state index in [1.165, 1.54) is 0 Å². The van der Waals surface area contributed by atoms with Gasteiger partial charge in [-0.05, 0) is 31.2 Å². The lowest BCUT2D eigenvalue weighted by molar-refractivity contribution is 0.0936. The van der Waals surface area contributed by atoms with Crippen molar-refractivity contribution in [2.24, 2.45) is 0 Å². The smallest absolute Gasteiger partial charge is 0.252 e. The van der Waals surface area contributed by atoms with E-state index in [0.717, 1.165) is 18.4 Å². The number of amides is 1. The van der Waals surface area contributed by atoms with Gasteiger partial charge in [-0.25, -0.2) is 0 Å². The molecule has 0 radical (unpaired) electrons. The molecule has 1 saturated carbocycles. The van der Waals surface area contributed by atoms with E-state index in [-0.39, 0.29) is 11.4 Å². The van der Waals surface area contributed by atoms with Gasteiger partial charge in [0.2, 0.25) is 0 Å². The van der Waals surface area contributed by atoms with Crippen molar-refractivity contribution in [1.29, 1.82) is 0 Å². The van der Waals surface area contributed by atoms with Crippen molar-refractivity contribution < 1.29 is 4.79 Å². The molecule has 0 saturated heterocycles. The first-order valence-electron chi connectivity index (χ1n) is 4.04. The fourth-order valence-corrected chi connectivity index (χ4v) is 1.69. The van der Waals surface area contributed by atoms with Crippen LogP contribution < -0.4 is 5.32 Å². The second kappa shape index (κ2) is 2.59. The van der Waals surface area contributed by atoms with Crippen LogP contribution in [0.15, 0.2) is 16.8 Å². The Morgan fingerprint density at radius 3 is 2.92 bits per heavy atom. The lowest BCUT2D eigenvalue weighted by Crippen LogP contribution is -2.33. The third-order valence-corrected chi connectivity index (χ3v) is 2.88. The molecule has 2 rings (SSSR count). The summed E-state index contributed by atoms with van der Waals surface area (Å²) < 4.78 is 0. The molecule has 1 aromatic heterocycles. The Kier molecular flexibility index (Phi) is 1.68. The van der Waals surface area contributed by atoms with Crippen molar-refractivity contribution in [3.8, 4) is 0 Å². The van der Waals surface area contributed by atoms with Gasteiger partial charge in [0.1, 0.15) is 0 Å². The fraction of sp³-hybridized carbons (Fsp3) is 0.444. The van der Waals surface area contributed by atoms with E-state index in [2.05, 4.69) is 12.2 Å². The van der Waals surface area contributed by atoms with Gasteiger partial charge < -0.3 is 5.32 Å². The van der Waals surface area contributed by atoms with Gasteiger partial charge in [0.05, 0.1) is 5.56 Å². The molecular formula is C9H11NOS. The Morgan fingerprint density at radius 1 is 1.67 bits per heavy atom. The normalized spacial score (nSPS) is 18.8. The molecule has 0 atom stereocenters. The number of nitrogens with one attached hydrogen (secondary N) is 1. The molecule has 64 valence electrons. The number of carbonyl (C=O) groups excluding carboxylic acids is 1. The van der Waals surface area contributed by atoms with Crippen LogP contribution in [0.25, 0.3) is 0 Å². The van der Waals surface area contributed by atoms with Crippen molar-refractivity contribution in [3.63, 3.8) is 0 Å². The Morgan fingerprint density at radius 2 is 2.42 bits per heavy atom. The highest BCUT2D eigenvalue weighted by atomic mass is 32.1. The van der Waals surface area contributed by atoms with Crippen molar-refractivity contribution in [1.82, 2.24) is 5.32 Å². The minimum atomic E-state index is 0.0660. The average molecular weight is 181 g/mol. The van der Waals surface area contributed by atoms with Gasteiger partial charge in [-0.1, -0.05) is 0 Å². The van der Waals surface area contributed by atoms with Gasteiger partial charge in [-0.15, -0.1) is 0 Å². The predicted octanol–water partition coefficient (Wildman–Crippen LogP) is 2.03. The standard InChI is InChI=1S/C9H11NOS/c1-9(3-4-9)10-8(11)7-2-5-12-6-7/h2,5-6H,3-4H2,1H3,(H,10,11). The first kappa shape index (κ1) is 7.80. The van der Waals surface area contributed by atoms with Crippen LogP contribution in [0, 0.1) is 0 Å². The van der Waals surface area contributed by atoms with Gasteiger partial charge >= 0.3 is 0 Å². The number of thiophene rings is 1. The first-order valence-corrected chi connectivity index (χ1v) is 4.99. The van der Waals surface area contributed by atoms with Crippen molar-refractivity contribution >= 4 is 17.2 Å². The summed E-state index contributed by atoms with van der Waals surface area (Å²) in [6.45, 7) is 2.08. The maximum Gasteiger partial charge on any atom is 0.252 e. The molecule has 1 heterocycles. The molecule has 12 heavy (non-hydrogen) atoms. The second-order valence-electron chi connectivity index (χ2n) is 3.53. The van der Waals surface area contributed by atoms with Crippen LogP contribution >= 0.6 is 11.3 Å². The van der Waals surface area contributed by atoms with E-state index < -0.39 is 0 Å². The van der Waals surface area contributed by atoms with E-state index in [1.54, 1.807) is 11.3 Å². The molecule has 0 aliphatic heterocycles. The van der Waals surface area contributed by atoms with Crippen LogP contribution in [-0.2, 0) is 0 Å². The number of hydrogen-bond acceptors (Lipinski definition) is 2. The van der Waals surface area contributed by atoms with Gasteiger partial charge in [-0.3, -0.25) is 4.79 Å². The average Bonchev–Trinajstić information content (AvgIpc) is 2.55. The molecule has 2 nitrogen and oxygen atoms in total. The monoisotopic (exact) mass is 181 g/mol. The summed E-state index contributed by atoms with van der Waals surface area (Å²) in [5.74, 6) is 0.0660. The van der Waals surface area contributed by atoms with E-state index in [1.807, 2.05) is 16.8 Å². The van der Waals surface area contributed by atoms with Gasteiger partial charge in [-0.2, -0.15) is 11.3 Å². The largest absolute Gasteiger partial charge is 0.347 e. The van der Waals surface area contributed by atoms with Crippen LogP contribution in [-0.4, -0.2) is 11.4 Å². The number of hydrogen-bond donors (Lipinski definition) is 1. The van der Waals surface area contributed by atoms with Crippen LogP contribution in [0.5, 0.6) is 0 Å². The topological polar surface area (TPSA) is 29.1 Å². The van der Waals surface area contributed by atoms with Gasteiger partial charge in [0.15, 0.2) is 0 Å². The third-order valence-electron chi connectivity index (χ3n) is 2.20. The highest BCUT2D eigenvalue weighted by molar-refractivity contribution is 7.08. The van der Waals surface area contributed by atoms with Crippen molar-refractivity contribution in [3.05, 3.63) is 22.4 Å². The zero-order valence-corrected chi connectivity index (χ0v) is 7.78. The lowest BCUT2D eigenvalue weighted by Gasteiger charge is -2.09. The Labute approximate surface area is 75.6 Å². The zero-order valence-electron chi connectivity index (χ0n) is 6.96. The summed E-state index contributed by atoms with van der Waals surface area (Å²) in [4.78, 5) is 11.5. The van der Waals surface area contributed by atoms with E-state index in [0.29, 0.717) is 0 Å². The van der Waals surface area contributed by atoms with E-state index >= 15 is 0 Å². The molecule has 1 amide bonds. The maximum atomic E-state index is 11.5. The zero-order chi connectivity index (χ0) is 8.60. The van der Waals surface area contributed by atoms with Crippen LogP contribution in [0.4, 0.5) is 0 Å². The third kappa shape index (κ3) is 1.50. The Hall–Kier alpha value is -0.830. The minimum Gasteiger partial charge on any atom is -0.347 e. The second-order valence-corrected chi connectivity index (χ2v) is 4.31. The van der Waals surface area contributed by atoms with E-state index in [4.69, 9.17) is 0 Å². The Balaban J connectivity index is 2.02. The van der Waals surface area contributed by atoms with Gasteiger partial charge in [0, 0.05) is 10.9 Å². The molecule has 0 spiro atoms. The first-order chi connectivity index (χ1) is 5.70. The number of rotatable bonds is 2. The van der Waals surface area contributed by atoms with E-state index in [9.17, 15) is 4.79 Å². The van der Waals surface area contributed by atoms with Crippen molar-refractivity contribution in [2.75, 3.05) is 0 Å². The summed E-state index contributed by atoms with van der Waals surface area (Å²) in [6, 6.07) is 1.85. The molecule has 1 fully saturated rings.